The maximum absolute atomic E-state index is 13.3. The Morgan fingerprint density at radius 3 is 2.65 bits per heavy atom. The number of nitrogens with zero attached hydrogens (tertiary/aromatic N) is 1. The van der Waals surface area contributed by atoms with E-state index in [1.165, 1.54) is 10.4 Å². The quantitative estimate of drug-likeness (QED) is 0.566. The fraction of sp³-hybridized carbons (Fsp3) is 0.190. The molecule has 1 aliphatic heterocycles. The van der Waals surface area contributed by atoms with Crippen LogP contribution < -0.4 is 4.74 Å². The summed E-state index contributed by atoms with van der Waals surface area (Å²) in [6.07, 6.45) is 0.899. The van der Waals surface area contributed by atoms with Crippen LogP contribution in [0.5, 0.6) is 5.75 Å². The number of methoxy groups -OCH3 is 1. The monoisotopic (exact) mass is 427 g/mol. The number of rotatable bonds is 3. The van der Waals surface area contributed by atoms with Gasteiger partial charge < -0.3 is 9.64 Å². The summed E-state index contributed by atoms with van der Waals surface area (Å²) in [5.41, 5.74) is 3.03. The molecule has 0 spiro atoms. The van der Waals surface area contributed by atoms with E-state index in [9.17, 15) is 4.79 Å². The molecule has 0 aliphatic carbocycles. The Kier molecular flexibility index (Phi) is 4.83. The second-order valence-corrected chi connectivity index (χ2v) is 8.06. The van der Waals surface area contributed by atoms with E-state index in [2.05, 4.69) is 39.5 Å². The lowest BCUT2D eigenvalue weighted by molar-refractivity contribution is 0.0695. The van der Waals surface area contributed by atoms with Crippen LogP contribution in [0.15, 0.2) is 64.5 Å². The van der Waals surface area contributed by atoms with Gasteiger partial charge in [-0.05, 0) is 69.2 Å². The summed E-state index contributed by atoms with van der Waals surface area (Å²) in [4.78, 5) is 16.7. The molecule has 26 heavy (non-hydrogen) atoms. The molecule has 1 aromatic heterocycles. The number of halogens is 1. The van der Waals surface area contributed by atoms with Gasteiger partial charge in [0.2, 0.25) is 0 Å². The van der Waals surface area contributed by atoms with Crippen LogP contribution in [-0.2, 0) is 6.42 Å². The Morgan fingerprint density at radius 1 is 1.15 bits per heavy atom. The van der Waals surface area contributed by atoms with E-state index in [0.29, 0.717) is 12.1 Å². The summed E-state index contributed by atoms with van der Waals surface area (Å²) in [5, 5.41) is 2.12. The molecule has 0 radical (unpaired) electrons. The van der Waals surface area contributed by atoms with Gasteiger partial charge in [-0.25, -0.2) is 0 Å². The molecule has 0 N–H and O–H groups in total. The number of carbonyl (C=O) groups excluding carboxylic acids is 1. The number of hydrogen-bond donors (Lipinski definition) is 0. The lowest BCUT2D eigenvalue weighted by Crippen LogP contribution is -2.40. The Balaban J connectivity index is 1.77. The van der Waals surface area contributed by atoms with E-state index in [-0.39, 0.29) is 11.9 Å². The first-order valence-electron chi connectivity index (χ1n) is 8.44. The highest BCUT2D eigenvalue weighted by Crippen LogP contribution is 2.39. The molecule has 0 fully saturated rings. The van der Waals surface area contributed by atoms with Crippen molar-refractivity contribution < 1.29 is 9.53 Å². The maximum Gasteiger partial charge on any atom is 0.255 e. The lowest BCUT2D eigenvalue weighted by atomic mass is 9.92. The molecule has 0 saturated heterocycles. The van der Waals surface area contributed by atoms with Gasteiger partial charge in [-0.2, -0.15) is 0 Å². The summed E-state index contributed by atoms with van der Waals surface area (Å²) in [6.45, 7) is 0.713. The van der Waals surface area contributed by atoms with Crippen LogP contribution in [0.1, 0.15) is 32.4 Å². The zero-order chi connectivity index (χ0) is 18.1. The number of carbonyl (C=O) groups is 1. The number of ether oxygens (including phenoxy) is 1. The summed E-state index contributed by atoms with van der Waals surface area (Å²) in [6, 6.07) is 17.7. The smallest absolute Gasteiger partial charge is 0.255 e. The molecule has 0 bridgehead atoms. The maximum atomic E-state index is 13.3. The number of amides is 1. The third-order valence-electron chi connectivity index (χ3n) is 4.76. The van der Waals surface area contributed by atoms with Crippen LogP contribution in [0.3, 0.4) is 0 Å². The van der Waals surface area contributed by atoms with Crippen molar-refractivity contribution >= 4 is 33.2 Å². The second-order valence-electron chi connectivity index (χ2n) is 6.20. The molecule has 2 aromatic carbocycles. The molecule has 1 atom stereocenters. The van der Waals surface area contributed by atoms with Crippen molar-refractivity contribution in [2.45, 2.75) is 12.5 Å². The average Bonchev–Trinajstić information content (AvgIpc) is 3.16. The van der Waals surface area contributed by atoms with Crippen molar-refractivity contribution in [3.63, 3.8) is 0 Å². The van der Waals surface area contributed by atoms with Gasteiger partial charge in [0, 0.05) is 15.9 Å². The zero-order valence-electron chi connectivity index (χ0n) is 14.3. The topological polar surface area (TPSA) is 29.5 Å². The largest absolute Gasteiger partial charge is 0.497 e. The lowest BCUT2D eigenvalue weighted by Gasteiger charge is -2.36. The fourth-order valence-corrected chi connectivity index (χ4v) is 4.83. The molecule has 0 saturated carbocycles. The van der Waals surface area contributed by atoms with Crippen LogP contribution in [0.25, 0.3) is 0 Å². The Hall–Kier alpha value is -2.11. The first-order valence-corrected chi connectivity index (χ1v) is 10.1. The van der Waals surface area contributed by atoms with Crippen LogP contribution in [0, 0.1) is 0 Å². The molecule has 3 nitrogen and oxygen atoms in total. The Morgan fingerprint density at radius 2 is 1.92 bits per heavy atom. The van der Waals surface area contributed by atoms with Gasteiger partial charge in [0.15, 0.2) is 0 Å². The highest BCUT2D eigenvalue weighted by atomic mass is 79.9. The Bertz CT molecular complexity index is 935. The summed E-state index contributed by atoms with van der Waals surface area (Å²) >= 11 is 5.29. The molecule has 1 aliphatic rings. The molecule has 4 rings (SSSR count). The second kappa shape index (κ2) is 7.25. The SMILES string of the molecule is COc1ccc(C2c3ccsc3CCN2C(=O)c2ccccc2Br)cc1. The van der Waals surface area contributed by atoms with E-state index in [1.54, 1.807) is 18.4 Å². The van der Waals surface area contributed by atoms with E-state index >= 15 is 0 Å². The van der Waals surface area contributed by atoms with Crippen molar-refractivity contribution in [1.29, 1.82) is 0 Å². The van der Waals surface area contributed by atoms with Gasteiger partial charge in [0.05, 0.1) is 18.7 Å². The third kappa shape index (κ3) is 3.06. The molecule has 1 amide bonds. The number of hydrogen-bond acceptors (Lipinski definition) is 3. The van der Waals surface area contributed by atoms with Crippen LogP contribution >= 0.6 is 27.3 Å². The molecule has 1 unspecified atom stereocenters. The van der Waals surface area contributed by atoms with Gasteiger partial charge in [-0.15, -0.1) is 11.3 Å². The molecular weight excluding hydrogens is 410 g/mol. The van der Waals surface area contributed by atoms with Crippen molar-refractivity contribution in [2.75, 3.05) is 13.7 Å². The normalized spacial score (nSPS) is 16.2. The minimum absolute atomic E-state index is 0.0511. The van der Waals surface area contributed by atoms with Gasteiger partial charge in [0.25, 0.3) is 5.91 Å². The van der Waals surface area contributed by atoms with Gasteiger partial charge in [-0.1, -0.05) is 24.3 Å². The highest BCUT2D eigenvalue weighted by Gasteiger charge is 2.33. The Labute approximate surface area is 165 Å². The van der Waals surface area contributed by atoms with Gasteiger partial charge in [0.1, 0.15) is 5.75 Å². The van der Waals surface area contributed by atoms with E-state index in [0.717, 1.165) is 22.2 Å². The van der Waals surface area contributed by atoms with E-state index in [4.69, 9.17) is 4.74 Å². The standard InChI is InChI=1S/C21H18BrNO2S/c1-25-15-8-6-14(7-9-15)20-17-11-13-26-19(17)10-12-23(20)21(24)16-4-2-3-5-18(16)22/h2-9,11,13,20H,10,12H2,1H3. The fourth-order valence-electron chi connectivity index (χ4n) is 3.47. The first kappa shape index (κ1) is 17.3. The van der Waals surface area contributed by atoms with Crippen LogP contribution in [0.2, 0.25) is 0 Å². The minimum atomic E-state index is -0.0736. The first-order chi connectivity index (χ1) is 12.7. The summed E-state index contributed by atoms with van der Waals surface area (Å²) in [5.74, 6) is 0.869. The summed E-state index contributed by atoms with van der Waals surface area (Å²) in [7, 11) is 1.66. The number of fused-ring (bicyclic) bond motifs is 1. The molecule has 2 heterocycles. The van der Waals surface area contributed by atoms with Crippen molar-refractivity contribution in [1.82, 2.24) is 4.90 Å². The zero-order valence-corrected chi connectivity index (χ0v) is 16.7. The highest BCUT2D eigenvalue weighted by molar-refractivity contribution is 9.10. The predicted octanol–water partition coefficient (Wildman–Crippen LogP) is 5.31. The minimum Gasteiger partial charge on any atom is -0.497 e. The third-order valence-corrected chi connectivity index (χ3v) is 6.45. The van der Waals surface area contributed by atoms with Crippen LogP contribution in [-0.4, -0.2) is 24.5 Å². The van der Waals surface area contributed by atoms with Crippen molar-refractivity contribution in [3.8, 4) is 5.75 Å². The van der Waals surface area contributed by atoms with Crippen molar-refractivity contribution in [2.24, 2.45) is 0 Å². The van der Waals surface area contributed by atoms with E-state index in [1.807, 2.05) is 41.3 Å². The number of thiophene rings is 1. The molecule has 3 aromatic rings. The predicted molar refractivity (Wildman–Crippen MR) is 108 cm³/mol. The summed E-state index contributed by atoms with van der Waals surface area (Å²) < 4.78 is 6.11. The van der Waals surface area contributed by atoms with E-state index < -0.39 is 0 Å². The van der Waals surface area contributed by atoms with Crippen LogP contribution in [0.4, 0.5) is 0 Å². The molecular formula is C21H18BrNO2S. The molecule has 5 heteroatoms. The van der Waals surface area contributed by atoms with Crippen molar-refractivity contribution in [3.05, 3.63) is 86.0 Å². The van der Waals surface area contributed by atoms with Gasteiger partial charge >= 0.3 is 0 Å². The average molecular weight is 428 g/mol. The number of benzene rings is 2. The van der Waals surface area contributed by atoms with Gasteiger partial charge in [-0.3, -0.25) is 4.79 Å². The molecule has 132 valence electrons.